The number of nitrogens with one attached hydrogen (secondary N) is 2. The van der Waals surface area contributed by atoms with Gasteiger partial charge >= 0.3 is 6.03 Å². The first-order valence-corrected chi connectivity index (χ1v) is 14.0. The number of aliphatic hydroxyl groups excluding tert-OH is 1. The number of rotatable bonds is 23. The van der Waals surface area contributed by atoms with Crippen LogP contribution in [-0.4, -0.2) is 93.7 Å². The summed E-state index contributed by atoms with van der Waals surface area (Å²) >= 11 is 0. The van der Waals surface area contributed by atoms with Gasteiger partial charge in [0.1, 0.15) is 12.1 Å². The molecule has 5 amide bonds. The van der Waals surface area contributed by atoms with Gasteiger partial charge in [0, 0.05) is 30.1 Å². The monoisotopic (exact) mass is 608 g/mol. The molecule has 0 bridgehead atoms. The number of urea groups is 1. The van der Waals surface area contributed by atoms with Crippen LogP contribution in [0.4, 0.5) is 10.5 Å². The summed E-state index contributed by atoms with van der Waals surface area (Å²) in [6, 6.07) is 3.62. The maximum atomic E-state index is 13.9. The summed E-state index contributed by atoms with van der Waals surface area (Å²) in [5.41, 5.74) is 20.0. The molecule has 0 radical (unpaired) electrons. The van der Waals surface area contributed by atoms with Gasteiger partial charge in [-0.2, -0.15) is 0 Å². The molecule has 0 aliphatic heterocycles. The van der Waals surface area contributed by atoms with Crippen molar-refractivity contribution in [3.63, 3.8) is 0 Å². The molecule has 0 aromatic heterocycles. The number of azide groups is 1. The second kappa shape index (κ2) is 21.7. The normalized spacial score (nSPS) is 12.2. The lowest BCUT2D eigenvalue weighted by Crippen LogP contribution is -2.57. The molecule has 2 unspecified atom stereocenters. The summed E-state index contributed by atoms with van der Waals surface area (Å²) in [5.74, 6) is -2.06. The van der Waals surface area contributed by atoms with Gasteiger partial charge in [-0.3, -0.25) is 19.3 Å². The molecular formula is C27H44N8O8. The number of carbonyl (C=O) groups is 4. The van der Waals surface area contributed by atoms with Crippen molar-refractivity contribution in [3.8, 4) is 0 Å². The number of nitrogens with zero attached hydrogens (tertiary/aromatic N) is 4. The molecule has 0 saturated heterocycles. The Morgan fingerprint density at radius 3 is 2.14 bits per heavy atom. The highest BCUT2D eigenvalue weighted by Crippen LogP contribution is 2.23. The molecule has 0 aliphatic carbocycles. The predicted octanol–water partition coefficient (Wildman–Crippen LogP) is 0.705. The molecule has 1 aromatic rings. The predicted molar refractivity (Wildman–Crippen MR) is 158 cm³/mol. The highest BCUT2D eigenvalue weighted by molar-refractivity contribution is 6.04. The molecule has 0 aliphatic rings. The highest BCUT2D eigenvalue weighted by atomic mass is 16.5. The number of aliphatic hydroxyl groups is 1. The third-order valence-electron chi connectivity index (χ3n) is 6.09. The molecule has 240 valence electrons. The van der Waals surface area contributed by atoms with Crippen LogP contribution in [0.1, 0.15) is 38.7 Å². The number of primary amides is 2. The first kappa shape index (κ1) is 37.1. The summed E-state index contributed by atoms with van der Waals surface area (Å²) in [4.78, 5) is 54.2. The van der Waals surface area contributed by atoms with Gasteiger partial charge in [0.2, 0.25) is 11.8 Å². The van der Waals surface area contributed by atoms with Crippen molar-refractivity contribution in [2.75, 3.05) is 57.6 Å². The maximum Gasteiger partial charge on any atom is 0.312 e. The molecule has 0 saturated carbocycles. The third kappa shape index (κ3) is 15.2. The highest BCUT2D eigenvalue weighted by Gasteiger charge is 2.36. The average Bonchev–Trinajstić information content (AvgIpc) is 2.97. The number of anilines is 1. The Kier molecular flexibility index (Phi) is 18.7. The second-order valence-corrected chi connectivity index (χ2v) is 9.72. The van der Waals surface area contributed by atoms with Gasteiger partial charge < -0.3 is 41.4 Å². The van der Waals surface area contributed by atoms with Crippen molar-refractivity contribution in [2.24, 2.45) is 22.5 Å². The minimum atomic E-state index is -1.08. The van der Waals surface area contributed by atoms with Gasteiger partial charge in [-0.25, -0.2) is 4.79 Å². The molecule has 7 N–H and O–H groups in total. The van der Waals surface area contributed by atoms with Crippen LogP contribution in [0.25, 0.3) is 10.4 Å². The number of nitrogens with two attached hydrogens (primary N) is 2. The van der Waals surface area contributed by atoms with E-state index in [0.29, 0.717) is 44.1 Å². The molecule has 43 heavy (non-hydrogen) atoms. The fourth-order valence-corrected chi connectivity index (χ4v) is 3.89. The largest absolute Gasteiger partial charge is 0.392 e. The van der Waals surface area contributed by atoms with Crippen molar-refractivity contribution in [2.45, 2.75) is 51.8 Å². The smallest absolute Gasteiger partial charge is 0.312 e. The standard InChI is InChI=1S/C27H44N8O8/c1-19(2)24(33-23(37)9-12-41-14-16-43-17-15-42-13-11-32-34-30)26(39)35(21-7-5-20(18-36)6-8-21)22(25(28)38)4-3-10-31-27(29)40/h5-8,19,22,24,36H,3-4,9-18H2,1-2H3,(H2,28,38)(H,33,37)(H3,29,31,40). The molecule has 2 atom stereocenters. The molecular weight excluding hydrogens is 564 g/mol. The fraction of sp³-hybridized carbons (Fsp3) is 0.630. The van der Waals surface area contributed by atoms with E-state index in [2.05, 4.69) is 20.7 Å². The van der Waals surface area contributed by atoms with Crippen LogP contribution in [0, 0.1) is 5.92 Å². The quantitative estimate of drug-likeness (QED) is 0.0511. The van der Waals surface area contributed by atoms with Crippen LogP contribution in [0.15, 0.2) is 29.4 Å². The van der Waals surface area contributed by atoms with Crippen LogP contribution in [-0.2, 0) is 35.2 Å². The summed E-state index contributed by atoms with van der Waals surface area (Å²) in [7, 11) is 0. The van der Waals surface area contributed by atoms with Crippen LogP contribution < -0.4 is 27.0 Å². The zero-order chi connectivity index (χ0) is 32.0. The Balaban J connectivity index is 2.79. The van der Waals surface area contributed by atoms with E-state index in [1.54, 1.807) is 38.1 Å². The lowest BCUT2D eigenvalue weighted by molar-refractivity contribution is -0.130. The molecule has 0 heterocycles. The van der Waals surface area contributed by atoms with E-state index in [1.165, 1.54) is 4.90 Å². The van der Waals surface area contributed by atoms with Crippen LogP contribution >= 0.6 is 0 Å². The Labute approximate surface area is 251 Å². The van der Waals surface area contributed by atoms with E-state index >= 15 is 0 Å². The van der Waals surface area contributed by atoms with Crippen LogP contribution in [0.5, 0.6) is 0 Å². The molecule has 1 aromatic carbocycles. The first-order valence-electron chi connectivity index (χ1n) is 14.0. The topological polar surface area (TPSA) is 244 Å². The van der Waals surface area contributed by atoms with E-state index in [-0.39, 0.29) is 51.7 Å². The zero-order valence-electron chi connectivity index (χ0n) is 24.8. The molecule has 16 nitrogen and oxygen atoms in total. The van der Waals surface area contributed by atoms with Crippen LogP contribution in [0.3, 0.4) is 0 Å². The number of ether oxygens (including phenoxy) is 3. The van der Waals surface area contributed by atoms with Crippen LogP contribution in [0.2, 0.25) is 0 Å². The van der Waals surface area contributed by atoms with Gasteiger partial charge in [0.25, 0.3) is 5.91 Å². The van der Waals surface area contributed by atoms with Gasteiger partial charge in [-0.15, -0.1) is 0 Å². The summed E-state index contributed by atoms with van der Waals surface area (Å²) < 4.78 is 16.0. The number of amides is 5. The zero-order valence-corrected chi connectivity index (χ0v) is 24.8. The van der Waals surface area contributed by atoms with Crippen molar-refractivity contribution >= 4 is 29.4 Å². The van der Waals surface area contributed by atoms with Gasteiger partial charge in [0.15, 0.2) is 0 Å². The summed E-state index contributed by atoms with van der Waals surface area (Å²) in [6.07, 6.45) is 0.418. The van der Waals surface area contributed by atoms with E-state index in [0.717, 1.165) is 0 Å². The Bertz CT molecular complexity index is 1050. The van der Waals surface area contributed by atoms with Crippen molar-refractivity contribution < 1.29 is 38.5 Å². The van der Waals surface area contributed by atoms with Crippen molar-refractivity contribution in [1.82, 2.24) is 10.6 Å². The Hall–Kier alpha value is -3.95. The number of hydrogen-bond acceptors (Lipinski definition) is 9. The van der Waals surface area contributed by atoms with Gasteiger partial charge in [0.05, 0.1) is 46.2 Å². The number of hydrogen-bond donors (Lipinski definition) is 5. The summed E-state index contributed by atoms with van der Waals surface area (Å²) in [6.45, 7) is 5.38. The van der Waals surface area contributed by atoms with Crippen molar-refractivity contribution in [3.05, 3.63) is 40.3 Å². The van der Waals surface area contributed by atoms with Crippen molar-refractivity contribution in [1.29, 1.82) is 0 Å². The molecule has 16 heteroatoms. The van der Waals surface area contributed by atoms with E-state index in [9.17, 15) is 24.3 Å². The Morgan fingerprint density at radius 1 is 1.00 bits per heavy atom. The fourth-order valence-electron chi connectivity index (χ4n) is 3.89. The van der Waals surface area contributed by atoms with Gasteiger partial charge in [-0.1, -0.05) is 31.1 Å². The molecule has 1 rings (SSSR count). The second-order valence-electron chi connectivity index (χ2n) is 9.72. The average molecular weight is 609 g/mol. The molecule has 0 fully saturated rings. The minimum Gasteiger partial charge on any atom is -0.392 e. The number of carbonyl (C=O) groups excluding carboxylic acids is 4. The SMILES string of the molecule is CC(C)C(NC(=O)CCOCCOCCOCCN=[N+]=[N-])C(=O)N(c1ccc(CO)cc1)C(CCCNC(N)=O)C(N)=O. The third-order valence-corrected chi connectivity index (χ3v) is 6.09. The van der Waals surface area contributed by atoms with E-state index in [4.69, 9.17) is 31.2 Å². The lowest BCUT2D eigenvalue weighted by Gasteiger charge is -2.34. The Morgan fingerprint density at radius 2 is 1.60 bits per heavy atom. The lowest BCUT2D eigenvalue weighted by atomic mass is 9.99. The summed E-state index contributed by atoms with van der Waals surface area (Å²) in [5, 5.41) is 18.0. The minimum absolute atomic E-state index is 0.0117. The number of benzene rings is 1. The maximum absolute atomic E-state index is 13.9. The first-order chi connectivity index (χ1) is 20.6. The van der Waals surface area contributed by atoms with Gasteiger partial charge in [-0.05, 0) is 42.0 Å². The molecule has 0 spiro atoms. The van der Waals surface area contributed by atoms with E-state index in [1.807, 2.05) is 0 Å². The van der Waals surface area contributed by atoms with E-state index < -0.39 is 35.8 Å².